The molecular formula is C19H29N9O. The molecule has 0 atom stereocenters. The summed E-state index contributed by atoms with van der Waals surface area (Å²) in [6.45, 7) is 4.78. The van der Waals surface area contributed by atoms with Crippen molar-refractivity contribution in [2.75, 3.05) is 43.1 Å². The van der Waals surface area contributed by atoms with E-state index >= 15 is 0 Å². The summed E-state index contributed by atoms with van der Waals surface area (Å²) >= 11 is 0. The van der Waals surface area contributed by atoms with Crippen molar-refractivity contribution in [1.29, 1.82) is 0 Å². The number of fused-ring (bicyclic) bond motifs is 1. The molecular weight excluding hydrogens is 370 g/mol. The van der Waals surface area contributed by atoms with Gasteiger partial charge in [0, 0.05) is 13.1 Å². The molecule has 0 aromatic carbocycles. The number of aromatic nitrogens is 5. The molecule has 10 heteroatoms. The van der Waals surface area contributed by atoms with E-state index in [-0.39, 0.29) is 5.95 Å². The van der Waals surface area contributed by atoms with E-state index in [2.05, 4.69) is 37.6 Å². The van der Waals surface area contributed by atoms with Crippen LogP contribution >= 0.6 is 0 Å². The number of rotatable bonds is 11. The Bertz CT molecular complexity index is 941. The third-order valence-electron chi connectivity index (χ3n) is 4.40. The number of nitrogens with two attached hydrogens (primary N) is 2. The number of nitrogens with one attached hydrogen (secondary N) is 2. The van der Waals surface area contributed by atoms with Gasteiger partial charge in [0.2, 0.25) is 5.95 Å². The van der Waals surface area contributed by atoms with Crippen molar-refractivity contribution >= 4 is 28.6 Å². The molecule has 3 aromatic rings. The lowest BCUT2D eigenvalue weighted by molar-refractivity contribution is 0.404. The summed E-state index contributed by atoms with van der Waals surface area (Å²) in [6.07, 6.45) is 4.85. The molecule has 0 aliphatic rings. The first-order valence-corrected chi connectivity index (χ1v) is 9.87. The number of nitrogens with zero attached hydrogens (tertiary/aromatic N) is 5. The summed E-state index contributed by atoms with van der Waals surface area (Å²) in [5, 5.41) is 11.2. The number of unbranched alkanes of at least 4 members (excludes halogenated alkanes) is 1. The number of hydrogen-bond acceptors (Lipinski definition) is 9. The smallest absolute Gasteiger partial charge is 0.222 e. The van der Waals surface area contributed by atoms with Gasteiger partial charge < -0.3 is 26.8 Å². The fourth-order valence-corrected chi connectivity index (χ4v) is 2.92. The second kappa shape index (κ2) is 9.87. The summed E-state index contributed by atoms with van der Waals surface area (Å²) in [5.74, 6) is 2.34. The van der Waals surface area contributed by atoms with Crippen LogP contribution in [0, 0.1) is 0 Å². The van der Waals surface area contributed by atoms with Crippen molar-refractivity contribution < 1.29 is 4.74 Å². The van der Waals surface area contributed by atoms with Gasteiger partial charge in [-0.05, 0) is 31.5 Å². The molecule has 3 rings (SSSR count). The quantitative estimate of drug-likeness (QED) is 0.355. The normalized spacial score (nSPS) is 11.0. The van der Waals surface area contributed by atoms with Gasteiger partial charge in [0.1, 0.15) is 22.8 Å². The van der Waals surface area contributed by atoms with Crippen LogP contribution in [0.5, 0.6) is 5.75 Å². The molecule has 3 aromatic heterocycles. The topological polar surface area (TPSA) is 142 Å². The van der Waals surface area contributed by atoms with Crippen LogP contribution in [0.4, 0.5) is 17.6 Å². The van der Waals surface area contributed by atoms with E-state index < -0.39 is 0 Å². The second-order valence-electron chi connectivity index (χ2n) is 6.69. The molecule has 0 aliphatic heterocycles. The predicted molar refractivity (Wildman–Crippen MR) is 115 cm³/mol. The van der Waals surface area contributed by atoms with Crippen LogP contribution in [-0.2, 0) is 6.54 Å². The molecule has 0 unspecified atom stereocenters. The van der Waals surface area contributed by atoms with Crippen LogP contribution in [0.1, 0.15) is 31.9 Å². The molecule has 0 spiro atoms. The molecule has 0 saturated heterocycles. The highest BCUT2D eigenvalue weighted by atomic mass is 16.5. The summed E-state index contributed by atoms with van der Waals surface area (Å²) in [5.41, 5.74) is 13.6. The third kappa shape index (κ3) is 5.23. The van der Waals surface area contributed by atoms with E-state index in [0.29, 0.717) is 35.7 Å². The molecule has 0 bridgehead atoms. The van der Waals surface area contributed by atoms with Crippen molar-refractivity contribution in [3.63, 3.8) is 0 Å². The average molecular weight is 400 g/mol. The van der Waals surface area contributed by atoms with Gasteiger partial charge in [-0.2, -0.15) is 10.1 Å². The number of anilines is 3. The highest BCUT2D eigenvalue weighted by Crippen LogP contribution is 2.23. The van der Waals surface area contributed by atoms with Gasteiger partial charge in [0.05, 0.1) is 19.9 Å². The molecule has 29 heavy (non-hydrogen) atoms. The Morgan fingerprint density at radius 1 is 1.10 bits per heavy atom. The highest BCUT2D eigenvalue weighted by molar-refractivity contribution is 5.85. The van der Waals surface area contributed by atoms with Gasteiger partial charge in [-0.3, -0.25) is 4.68 Å². The lowest BCUT2D eigenvalue weighted by Crippen LogP contribution is -2.11. The fraction of sp³-hybridized carbons (Fsp3) is 0.474. The van der Waals surface area contributed by atoms with Gasteiger partial charge >= 0.3 is 0 Å². The van der Waals surface area contributed by atoms with Crippen molar-refractivity contribution in [1.82, 2.24) is 24.7 Å². The van der Waals surface area contributed by atoms with Gasteiger partial charge in [0.15, 0.2) is 11.3 Å². The highest BCUT2D eigenvalue weighted by Gasteiger charge is 2.13. The zero-order valence-electron chi connectivity index (χ0n) is 17.0. The number of pyridine rings is 1. The van der Waals surface area contributed by atoms with E-state index in [0.717, 1.165) is 43.9 Å². The summed E-state index contributed by atoms with van der Waals surface area (Å²) in [6, 6.07) is 3.78. The lowest BCUT2D eigenvalue weighted by atomic mass is 10.3. The molecule has 156 valence electrons. The Morgan fingerprint density at radius 2 is 1.93 bits per heavy atom. The van der Waals surface area contributed by atoms with Crippen LogP contribution in [0.3, 0.4) is 0 Å². The van der Waals surface area contributed by atoms with Crippen molar-refractivity contribution in [2.24, 2.45) is 5.73 Å². The van der Waals surface area contributed by atoms with Gasteiger partial charge in [-0.15, -0.1) is 0 Å². The lowest BCUT2D eigenvalue weighted by Gasteiger charge is -2.11. The Kier molecular flexibility index (Phi) is 7.01. The maximum absolute atomic E-state index is 5.87. The Morgan fingerprint density at radius 3 is 2.69 bits per heavy atom. The molecule has 0 saturated carbocycles. The monoisotopic (exact) mass is 399 g/mol. The molecule has 0 radical (unpaired) electrons. The molecule has 0 aliphatic carbocycles. The van der Waals surface area contributed by atoms with E-state index in [9.17, 15) is 0 Å². The van der Waals surface area contributed by atoms with E-state index in [1.165, 1.54) is 0 Å². The number of nitrogen functional groups attached to an aromatic ring is 1. The maximum atomic E-state index is 5.87. The first kappa shape index (κ1) is 20.6. The van der Waals surface area contributed by atoms with Crippen molar-refractivity contribution in [3.05, 3.63) is 24.0 Å². The van der Waals surface area contributed by atoms with Crippen LogP contribution in [0.2, 0.25) is 0 Å². The largest absolute Gasteiger partial charge is 0.495 e. The van der Waals surface area contributed by atoms with Crippen LogP contribution in [-0.4, -0.2) is 51.5 Å². The standard InChI is InChI=1S/C19H29N9O/c1-3-4-9-23-18-17-14(25-19(21)26-18)12-28(27-17)11-13-15(29-2)6-7-16(24-13)22-10-5-8-20/h6-7,12H,3-5,8-11,20H2,1-2H3,(H,22,24)(H3,21,23,25,26). The number of methoxy groups -OCH3 is 1. The Hall–Kier alpha value is -3.14. The van der Waals surface area contributed by atoms with E-state index in [4.69, 9.17) is 16.2 Å². The molecule has 0 amide bonds. The zero-order chi connectivity index (χ0) is 20.6. The number of hydrogen-bond donors (Lipinski definition) is 4. The zero-order valence-corrected chi connectivity index (χ0v) is 17.0. The minimum atomic E-state index is 0.220. The maximum Gasteiger partial charge on any atom is 0.222 e. The Balaban J connectivity index is 1.85. The van der Waals surface area contributed by atoms with Crippen molar-refractivity contribution in [2.45, 2.75) is 32.7 Å². The minimum absolute atomic E-state index is 0.220. The first-order chi connectivity index (χ1) is 14.1. The molecule has 3 heterocycles. The molecule has 0 fully saturated rings. The number of ether oxygens (including phenoxy) is 1. The summed E-state index contributed by atoms with van der Waals surface area (Å²) in [4.78, 5) is 13.3. The predicted octanol–water partition coefficient (Wildman–Crippen LogP) is 1.83. The third-order valence-corrected chi connectivity index (χ3v) is 4.40. The second-order valence-corrected chi connectivity index (χ2v) is 6.69. The fourth-order valence-electron chi connectivity index (χ4n) is 2.92. The molecule has 6 N–H and O–H groups in total. The van der Waals surface area contributed by atoms with Crippen LogP contribution in [0.15, 0.2) is 18.3 Å². The summed E-state index contributed by atoms with van der Waals surface area (Å²) < 4.78 is 7.24. The van der Waals surface area contributed by atoms with E-state index in [1.54, 1.807) is 11.8 Å². The summed E-state index contributed by atoms with van der Waals surface area (Å²) in [7, 11) is 1.63. The van der Waals surface area contributed by atoms with Crippen molar-refractivity contribution in [3.8, 4) is 5.75 Å². The van der Waals surface area contributed by atoms with Gasteiger partial charge in [-0.1, -0.05) is 13.3 Å². The van der Waals surface area contributed by atoms with Crippen LogP contribution < -0.4 is 26.8 Å². The Labute approximate surface area is 170 Å². The van der Waals surface area contributed by atoms with Crippen LogP contribution in [0.25, 0.3) is 11.0 Å². The van der Waals surface area contributed by atoms with Gasteiger partial charge in [0.25, 0.3) is 0 Å². The average Bonchev–Trinajstić information content (AvgIpc) is 3.11. The van der Waals surface area contributed by atoms with Gasteiger partial charge in [-0.25, -0.2) is 9.97 Å². The minimum Gasteiger partial charge on any atom is -0.495 e. The SMILES string of the molecule is CCCCNc1nc(N)nc2cn(Cc3nc(NCCCN)ccc3OC)nc12. The molecule has 10 nitrogen and oxygen atoms in total. The first-order valence-electron chi connectivity index (χ1n) is 9.87. The van der Waals surface area contributed by atoms with E-state index in [1.807, 2.05) is 18.3 Å².